The van der Waals surface area contributed by atoms with Gasteiger partial charge in [0.1, 0.15) is 17.4 Å². The lowest BCUT2D eigenvalue weighted by molar-refractivity contribution is 0.105. The summed E-state index contributed by atoms with van der Waals surface area (Å²) >= 11 is 0. The Labute approximate surface area is 220 Å². The maximum absolute atomic E-state index is 14.1. The number of nitrogens with zero attached hydrogens (tertiary/aromatic N) is 3. The number of piperazine rings is 1. The highest BCUT2D eigenvalue weighted by atomic mass is 32.2. The predicted octanol–water partition coefficient (Wildman–Crippen LogP) is 3.86. The third-order valence-corrected chi connectivity index (χ3v) is 8.07. The standard InChI is InChI=1S/C28H27F2N3O4S/c1-38(35,36)33-11-9-32(10-12-33)8-3-13-37-23-5-6-24-25(17-23)28(34)27(19-4-2-7-31-18-19)26(24)20-14-21(29)16-22(30)15-20/h2,4-7,14-18H,3,8-13H2,1H3. The van der Waals surface area contributed by atoms with E-state index in [1.165, 1.54) is 22.7 Å². The first-order valence-electron chi connectivity index (χ1n) is 12.3. The molecule has 2 aliphatic rings. The number of allylic oxidation sites excluding steroid dienone is 1. The summed E-state index contributed by atoms with van der Waals surface area (Å²) in [5, 5.41) is 0. The van der Waals surface area contributed by atoms with Crippen molar-refractivity contribution in [1.29, 1.82) is 0 Å². The van der Waals surface area contributed by atoms with Crippen molar-refractivity contribution in [3.8, 4) is 5.75 Å². The number of pyridine rings is 1. The molecule has 1 fully saturated rings. The van der Waals surface area contributed by atoms with Crippen LogP contribution in [0.3, 0.4) is 0 Å². The number of carbonyl (C=O) groups is 1. The third-order valence-electron chi connectivity index (χ3n) is 6.77. The molecule has 0 N–H and O–H groups in total. The van der Waals surface area contributed by atoms with Crippen molar-refractivity contribution in [3.05, 3.63) is 94.8 Å². The molecule has 0 saturated carbocycles. The minimum absolute atomic E-state index is 0.262. The first-order chi connectivity index (χ1) is 18.2. The molecule has 0 amide bonds. The van der Waals surface area contributed by atoms with Crippen molar-refractivity contribution < 1.29 is 26.7 Å². The Hall–Kier alpha value is -3.47. The number of halogens is 2. The van der Waals surface area contributed by atoms with Gasteiger partial charge < -0.3 is 9.64 Å². The van der Waals surface area contributed by atoms with Crippen molar-refractivity contribution >= 4 is 27.0 Å². The Balaban J connectivity index is 1.31. The first kappa shape index (κ1) is 26.1. The van der Waals surface area contributed by atoms with E-state index in [-0.39, 0.29) is 11.3 Å². The summed E-state index contributed by atoms with van der Waals surface area (Å²) in [5.74, 6) is -1.19. The summed E-state index contributed by atoms with van der Waals surface area (Å²) in [6.07, 6.45) is 5.11. The van der Waals surface area contributed by atoms with Crippen LogP contribution in [0.25, 0.3) is 11.1 Å². The highest BCUT2D eigenvalue weighted by molar-refractivity contribution is 7.88. The lowest BCUT2D eigenvalue weighted by Gasteiger charge is -2.33. The van der Waals surface area contributed by atoms with Crippen LogP contribution in [0.5, 0.6) is 5.75 Å². The summed E-state index contributed by atoms with van der Waals surface area (Å²) in [4.78, 5) is 19.9. The molecule has 198 valence electrons. The van der Waals surface area contributed by atoms with E-state index in [0.29, 0.717) is 66.4 Å². The molecule has 2 heterocycles. The van der Waals surface area contributed by atoms with E-state index in [1.54, 1.807) is 42.7 Å². The van der Waals surface area contributed by atoms with Crippen molar-refractivity contribution in [2.24, 2.45) is 0 Å². The molecule has 2 aromatic carbocycles. The zero-order valence-electron chi connectivity index (χ0n) is 20.9. The molecular formula is C28H27F2N3O4S. The van der Waals surface area contributed by atoms with Crippen LogP contribution in [0.2, 0.25) is 0 Å². The van der Waals surface area contributed by atoms with Gasteiger partial charge in [-0.25, -0.2) is 17.2 Å². The van der Waals surface area contributed by atoms with Gasteiger partial charge >= 0.3 is 0 Å². The summed E-state index contributed by atoms with van der Waals surface area (Å²) in [6.45, 7) is 3.50. The van der Waals surface area contributed by atoms with Gasteiger partial charge in [0.2, 0.25) is 10.0 Å². The summed E-state index contributed by atoms with van der Waals surface area (Å²) < 4.78 is 59.0. The Morgan fingerprint density at radius 1 is 0.921 bits per heavy atom. The monoisotopic (exact) mass is 539 g/mol. The van der Waals surface area contributed by atoms with E-state index in [2.05, 4.69) is 9.88 Å². The fourth-order valence-corrected chi connectivity index (χ4v) is 5.78. The van der Waals surface area contributed by atoms with Crippen LogP contribution in [0.15, 0.2) is 60.9 Å². The zero-order valence-corrected chi connectivity index (χ0v) is 21.7. The Bertz CT molecular complexity index is 1480. The summed E-state index contributed by atoms with van der Waals surface area (Å²) in [6, 6.07) is 11.9. The molecule has 7 nitrogen and oxygen atoms in total. The Kier molecular flexibility index (Phi) is 7.38. The van der Waals surface area contributed by atoms with Crippen LogP contribution >= 0.6 is 0 Å². The maximum Gasteiger partial charge on any atom is 0.211 e. The van der Waals surface area contributed by atoms with Gasteiger partial charge in [-0.3, -0.25) is 9.78 Å². The van der Waals surface area contributed by atoms with E-state index in [0.717, 1.165) is 19.0 Å². The average Bonchev–Trinajstić information content (AvgIpc) is 3.18. The zero-order chi connectivity index (χ0) is 26.9. The molecule has 0 unspecified atom stereocenters. The van der Waals surface area contributed by atoms with E-state index in [9.17, 15) is 22.0 Å². The molecule has 0 radical (unpaired) electrons. The minimum atomic E-state index is -3.16. The van der Waals surface area contributed by atoms with E-state index < -0.39 is 21.7 Å². The number of aromatic nitrogens is 1. The molecular weight excluding hydrogens is 512 g/mol. The minimum Gasteiger partial charge on any atom is -0.494 e. The molecule has 0 atom stereocenters. The number of Topliss-reactive ketones (excluding diaryl/α,β-unsaturated/α-hetero) is 1. The fourth-order valence-electron chi connectivity index (χ4n) is 4.95. The summed E-state index contributed by atoms with van der Waals surface area (Å²) in [5.41, 5.74) is 2.61. The van der Waals surface area contributed by atoms with Crippen LogP contribution in [-0.4, -0.2) is 74.0 Å². The van der Waals surface area contributed by atoms with E-state index in [1.807, 2.05) is 0 Å². The van der Waals surface area contributed by atoms with Gasteiger partial charge in [-0.1, -0.05) is 6.07 Å². The molecule has 3 aromatic rings. The smallest absolute Gasteiger partial charge is 0.211 e. The SMILES string of the molecule is CS(=O)(=O)N1CCN(CCCOc2ccc3c(c2)C(=O)C(c2cccnc2)=C3c2cc(F)cc(F)c2)CC1. The first-order valence-corrected chi connectivity index (χ1v) is 14.2. The predicted molar refractivity (Wildman–Crippen MR) is 140 cm³/mol. The second kappa shape index (κ2) is 10.7. The van der Waals surface area contributed by atoms with Crippen LogP contribution in [0.1, 0.15) is 33.5 Å². The third kappa shape index (κ3) is 5.52. The second-order valence-corrected chi connectivity index (χ2v) is 11.4. The van der Waals surface area contributed by atoms with Crippen molar-refractivity contribution in [2.75, 3.05) is 45.6 Å². The highest BCUT2D eigenvalue weighted by Crippen LogP contribution is 2.43. The number of sulfonamides is 1. The number of ketones is 1. The largest absolute Gasteiger partial charge is 0.494 e. The molecule has 10 heteroatoms. The number of hydrogen-bond acceptors (Lipinski definition) is 6. The molecule has 1 aliphatic carbocycles. The Morgan fingerprint density at radius 3 is 2.32 bits per heavy atom. The molecule has 1 aromatic heterocycles. The number of ether oxygens (including phenoxy) is 1. The van der Waals surface area contributed by atoms with Crippen LogP contribution in [0, 0.1) is 11.6 Å². The normalized spacial score (nSPS) is 16.7. The topological polar surface area (TPSA) is 79.8 Å². The maximum atomic E-state index is 14.1. The Morgan fingerprint density at radius 2 is 1.66 bits per heavy atom. The number of benzene rings is 2. The number of fused-ring (bicyclic) bond motifs is 1. The molecule has 38 heavy (non-hydrogen) atoms. The number of rotatable bonds is 8. The van der Waals surface area contributed by atoms with Gasteiger partial charge in [0.25, 0.3) is 0 Å². The van der Waals surface area contributed by atoms with E-state index in [4.69, 9.17) is 4.74 Å². The van der Waals surface area contributed by atoms with Crippen molar-refractivity contribution in [2.45, 2.75) is 6.42 Å². The van der Waals surface area contributed by atoms with Gasteiger partial charge in [0, 0.05) is 73.5 Å². The van der Waals surface area contributed by atoms with Gasteiger partial charge in [-0.05, 0) is 53.9 Å². The molecule has 1 saturated heterocycles. The number of carbonyl (C=O) groups excluding carboxylic acids is 1. The highest BCUT2D eigenvalue weighted by Gasteiger charge is 2.32. The molecule has 5 rings (SSSR count). The van der Waals surface area contributed by atoms with Crippen LogP contribution in [-0.2, 0) is 10.0 Å². The summed E-state index contributed by atoms with van der Waals surface area (Å²) in [7, 11) is -3.16. The molecule has 0 spiro atoms. The molecule has 1 aliphatic heterocycles. The van der Waals surface area contributed by atoms with Crippen LogP contribution in [0.4, 0.5) is 8.78 Å². The van der Waals surface area contributed by atoms with Gasteiger partial charge in [-0.2, -0.15) is 4.31 Å². The second-order valence-electron chi connectivity index (χ2n) is 9.39. The van der Waals surface area contributed by atoms with Crippen molar-refractivity contribution in [1.82, 2.24) is 14.2 Å². The fraction of sp³-hybridized carbons (Fsp3) is 0.286. The van der Waals surface area contributed by atoms with Crippen molar-refractivity contribution in [3.63, 3.8) is 0 Å². The van der Waals surface area contributed by atoms with Gasteiger partial charge in [0.05, 0.1) is 12.9 Å². The van der Waals surface area contributed by atoms with Gasteiger partial charge in [0.15, 0.2) is 5.78 Å². The average molecular weight is 540 g/mol. The van der Waals surface area contributed by atoms with Gasteiger partial charge in [-0.15, -0.1) is 0 Å². The lowest BCUT2D eigenvalue weighted by Crippen LogP contribution is -2.48. The lowest BCUT2D eigenvalue weighted by atomic mass is 9.95. The quantitative estimate of drug-likeness (QED) is 0.405. The number of hydrogen-bond donors (Lipinski definition) is 0. The van der Waals surface area contributed by atoms with Crippen LogP contribution < -0.4 is 4.74 Å². The van der Waals surface area contributed by atoms with E-state index >= 15 is 0 Å². The molecule has 0 bridgehead atoms.